The first-order chi connectivity index (χ1) is 9.19. The smallest absolute Gasteiger partial charge is 0.404 e. The van der Waals surface area contributed by atoms with Gasteiger partial charge in [-0.1, -0.05) is 31.2 Å². The van der Waals surface area contributed by atoms with Crippen LogP contribution in [0.4, 0.5) is 4.79 Å². The number of carbonyl (C=O) groups is 1. The van der Waals surface area contributed by atoms with Crippen LogP contribution in [0.5, 0.6) is 0 Å². The van der Waals surface area contributed by atoms with Crippen LogP contribution in [0.3, 0.4) is 0 Å². The van der Waals surface area contributed by atoms with Crippen LogP contribution in [0.25, 0.3) is 11.3 Å². The van der Waals surface area contributed by atoms with E-state index in [1.54, 1.807) is 0 Å². The molecule has 5 nitrogen and oxygen atoms in total. The number of aromatic amines is 1. The summed E-state index contributed by atoms with van der Waals surface area (Å²) in [6.45, 7) is 2.48. The van der Waals surface area contributed by atoms with Gasteiger partial charge in [-0.25, -0.2) is 9.78 Å². The standard InChI is InChI=1S/C14H17N3O2/c1-2-10-3-5-11(6-4-10)12-9-16-13(17-12)7-8-15-14(18)19/h3-6,9,15H,2,7-8H2,1H3,(H,16,17)(H,18,19). The monoisotopic (exact) mass is 259 g/mol. The molecule has 1 heterocycles. The van der Waals surface area contributed by atoms with Crippen molar-refractivity contribution in [2.45, 2.75) is 19.8 Å². The maximum absolute atomic E-state index is 10.3. The molecule has 5 heteroatoms. The van der Waals surface area contributed by atoms with Crippen LogP contribution >= 0.6 is 0 Å². The van der Waals surface area contributed by atoms with Crippen LogP contribution in [-0.4, -0.2) is 27.7 Å². The zero-order valence-electron chi connectivity index (χ0n) is 10.8. The Labute approximate surface area is 111 Å². The van der Waals surface area contributed by atoms with Crippen LogP contribution in [0, 0.1) is 0 Å². The Morgan fingerprint density at radius 3 is 2.74 bits per heavy atom. The van der Waals surface area contributed by atoms with Gasteiger partial charge in [-0.15, -0.1) is 0 Å². The number of aryl methyl sites for hydroxylation is 1. The van der Waals surface area contributed by atoms with Gasteiger partial charge < -0.3 is 15.4 Å². The van der Waals surface area contributed by atoms with Crippen LogP contribution in [0.1, 0.15) is 18.3 Å². The molecule has 0 fully saturated rings. The molecule has 0 radical (unpaired) electrons. The van der Waals surface area contributed by atoms with Crippen molar-refractivity contribution in [3.63, 3.8) is 0 Å². The third-order valence-electron chi connectivity index (χ3n) is 2.93. The van der Waals surface area contributed by atoms with Crippen molar-refractivity contribution >= 4 is 6.09 Å². The van der Waals surface area contributed by atoms with Gasteiger partial charge in [0.15, 0.2) is 0 Å². The summed E-state index contributed by atoms with van der Waals surface area (Å²) in [5, 5.41) is 10.8. The van der Waals surface area contributed by atoms with E-state index in [2.05, 4.69) is 34.3 Å². The van der Waals surface area contributed by atoms with Crippen molar-refractivity contribution in [1.82, 2.24) is 15.3 Å². The number of hydrogen-bond acceptors (Lipinski definition) is 2. The minimum absolute atomic E-state index is 0.358. The lowest BCUT2D eigenvalue weighted by Gasteiger charge is -1.99. The second-order valence-electron chi connectivity index (χ2n) is 4.26. The Morgan fingerprint density at radius 1 is 1.37 bits per heavy atom. The molecule has 1 aromatic heterocycles. The predicted octanol–water partition coefficient (Wildman–Crippen LogP) is 2.45. The normalized spacial score (nSPS) is 10.4. The summed E-state index contributed by atoms with van der Waals surface area (Å²) in [5.74, 6) is 0.781. The van der Waals surface area contributed by atoms with Gasteiger partial charge in [0.05, 0.1) is 5.69 Å². The van der Waals surface area contributed by atoms with E-state index in [1.165, 1.54) is 5.56 Å². The van der Waals surface area contributed by atoms with Gasteiger partial charge in [0.1, 0.15) is 5.82 Å². The summed E-state index contributed by atoms with van der Waals surface area (Å²) < 4.78 is 0. The molecule has 0 bridgehead atoms. The first-order valence-electron chi connectivity index (χ1n) is 6.29. The maximum Gasteiger partial charge on any atom is 0.404 e. The van der Waals surface area contributed by atoms with Crippen molar-refractivity contribution in [1.29, 1.82) is 0 Å². The Kier molecular flexibility index (Phi) is 4.18. The fourth-order valence-electron chi connectivity index (χ4n) is 1.84. The first kappa shape index (κ1) is 13.1. The average molecular weight is 259 g/mol. The Bertz CT molecular complexity index is 546. The molecule has 0 aliphatic rings. The molecule has 0 saturated heterocycles. The summed E-state index contributed by atoms with van der Waals surface area (Å²) in [5.41, 5.74) is 3.24. The fourth-order valence-corrected chi connectivity index (χ4v) is 1.84. The van der Waals surface area contributed by atoms with Crippen molar-refractivity contribution in [2.24, 2.45) is 0 Å². The van der Waals surface area contributed by atoms with Crippen molar-refractivity contribution in [3.8, 4) is 11.3 Å². The molecular weight excluding hydrogens is 242 g/mol. The lowest BCUT2D eigenvalue weighted by atomic mass is 10.1. The largest absolute Gasteiger partial charge is 0.465 e. The number of nitrogens with one attached hydrogen (secondary N) is 2. The minimum Gasteiger partial charge on any atom is -0.465 e. The zero-order valence-corrected chi connectivity index (χ0v) is 10.8. The number of H-pyrrole nitrogens is 1. The molecule has 0 aliphatic heterocycles. The molecular formula is C14H17N3O2. The van der Waals surface area contributed by atoms with Gasteiger partial charge in [0.2, 0.25) is 0 Å². The van der Waals surface area contributed by atoms with Gasteiger partial charge in [-0.3, -0.25) is 0 Å². The number of nitrogens with zero attached hydrogens (tertiary/aromatic N) is 1. The predicted molar refractivity (Wildman–Crippen MR) is 73.1 cm³/mol. The van der Waals surface area contributed by atoms with E-state index in [1.807, 2.05) is 18.3 Å². The van der Waals surface area contributed by atoms with Crippen molar-refractivity contribution in [2.75, 3.05) is 6.54 Å². The highest BCUT2D eigenvalue weighted by Crippen LogP contribution is 2.18. The number of benzene rings is 1. The summed E-state index contributed by atoms with van der Waals surface area (Å²) in [7, 11) is 0. The van der Waals surface area contributed by atoms with Gasteiger partial charge in [-0.2, -0.15) is 0 Å². The van der Waals surface area contributed by atoms with E-state index in [-0.39, 0.29) is 0 Å². The molecule has 0 unspecified atom stereocenters. The van der Waals surface area contributed by atoms with Gasteiger partial charge in [-0.05, 0) is 12.0 Å². The molecule has 2 aromatic rings. The van der Waals surface area contributed by atoms with Crippen LogP contribution < -0.4 is 5.32 Å². The number of amides is 1. The second kappa shape index (κ2) is 6.04. The molecule has 1 amide bonds. The highest BCUT2D eigenvalue weighted by atomic mass is 16.4. The highest BCUT2D eigenvalue weighted by molar-refractivity contribution is 5.64. The summed E-state index contributed by atoms with van der Waals surface area (Å²) in [6, 6.07) is 8.29. The molecule has 2 rings (SSSR count). The first-order valence-corrected chi connectivity index (χ1v) is 6.29. The van der Waals surface area contributed by atoms with Gasteiger partial charge in [0, 0.05) is 24.7 Å². The zero-order chi connectivity index (χ0) is 13.7. The third kappa shape index (κ3) is 3.58. The number of carboxylic acid groups (broad SMARTS) is 1. The topological polar surface area (TPSA) is 78.0 Å². The lowest BCUT2D eigenvalue weighted by Crippen LogP contribution is -2.23. The molecule has 0 aliphatic carbocycles. The summed E-state index contributed by atoms with van der Waals surface area (Å²) >= 11 is 0. The Hall–Kier alpha value is -2.30. The highest BCUT2D eigenvalue weighted by Gasteiger charge is 2.04. The Balaban J connectivity index is 2.01. The van der Waals surface area contributed by atoms with Crippen molar-refractivity contribution in [3.05, 3.63) is 41.9 Å². The van der Waals surface area contributed by atoms with E-state index in [0.717, 1.165) is 23.5 Å². The third-order valence-corrected chi connectivity index (χ3v) is 2.93. The van der Waals surface area contributed by atoms with Crippen LogP contribution in [0.2, 0.25) is 0 Å². The Morgan fingerprint density at radius 2 is 2.11 bits per heavy atom. The van der Waals surface area contributed by atoms with Gasteiger partial charge in [0.25, 0.3) is 0 Å². The number of aromatic nitrogens is 2. The molecule has 0 atom stereocenters. The second-order valence-corrected chi connectivity index (χ2v) is 4.26. The van der Waals surface area contributed by atoms with Gasteiger partial charge >= 0.3 is 6.09 Å². The van der Waals surface area contributed by atoms with E-state index in [9.17, 15) is 4.79 Å². The lowest BCUT2D eigenvalue weighted by molar-refractivity contribution is 0.194. The fraction of sp³-hybridized carbons (Fsp3) is 0.286. The van der Waals surface area contributed by atoms with Crippen LogP contribution in [0.15, 0.2) is 30.5 Å². The molecule has 1 aromatic carbocycles. The quantitative estimate of drug-likeness (QED) is 0.771. The molecule has 3 N–H and O–H groups in total. The van der Waals surface area contributed by atoms with E-state index < -0.39 is 6.09 Å². The summed E-state index contributed by atoms with van der Waals surface area (Å²) in [4.78, 5) is 17.8. The van der Waals surface area contributed by atoms with Crippen LogP contribution in [-0.2, 0) is 12.8 Å². The number of hydrogen-bond donors (Lipinski definition) is 3. The molecule has 19 heavy (non-hydrogen) atoms. The number of imidazole rings is 1. The molecule has 100 valence electrons. The number of rotatable bonds is 5. The van der Waals surface area contributed by atoms with E-state index in [4.69, 9.17) is 5.11 Å². The van der Waals surface area contributed by atoms with E-state index >= 15 is 0 Å². The SMILES string of the molecule is CCc1ccc(-c2c[nH]c(CCNC(=O)O)n2)cc1. The van der Waals surface area contributed by atoms with Crippen molar-refractivity contribution < 1.29 is 9.90 Å². The maximum atomic E-state index is 10.3. The van der Waals surface area contributed by atoms with E-state index in [0.29, 0.717) is 13.0 Å². The minimum atomic E-state index is -1.01. The molecule has 0 spiro atoms. The molecule has 0 saturated carbocycles. The summed E-state index contributed by atoms with van der Waals surface area (Å²) in [6.07, 6.45) is 2.41. The average Bonchev–Trinajstić information content (AvgIpc) is 2.87.